The van der Waals surface area contributed by atoms with Crippen LogP contribution in [0.5, 0.6) is 11.5 Å². The molecular weight excluding hydrogens is 214 g/mol. The number of hydrogen-bond acceptors (Lipinski definition) is 4. The molecule has 0 fully saturated rings. The molecule has 1 atom stereocenters. The van der Waals surface area contributed by atoms with Crippen molar-refractivity contribution >= 4 is 11.9 Å². The number of nitrogens with one attached hydrogen (secondary N) is 1. The van der Waals surface area contributed by atoms with Crippen molar-refractivity contribution in [3.05, 3.63) is 23.8 Å². The second kappa shape index (κ2) is 4.52. The van der Waals surface area contributed by atoms with E-state index in [-0.39, 0.29) is 17.1 Å². The number of aliphatic carboxylic acids is 1. The average molecular weight is 225 g/mol. The molecule has 0 aliphatic carbocycles. The molecule has 0 aliphatic heterocycles. The van der Waals surface area contributed by atoms with Gasteiger partial charge in [-0.05, 0) is 19.1 Å². The number of benzene rings is 1. The molecule has 1 aromatic rings. The van der Waals surface area contributed by atoms with E-state index in [2.05, 4.69) is 5.32 Å². The van der Waals surface area contributed by atoms with Crippen LogP contribution in [0.15, 0.2) is 18.2 Å². The van der Waals surface area contributed by atoms with Gasteiger partial charge in [-0.3, -0.25) is 9.59 Å². The Morgan fingerprint density at radius 2 is 1.69 bits per heavy atom. The predicted octanol–water partition coefficient (Wildman–Crippen LogP) is 0.301. The number of carbonyl (C=O) groups excluding carboxylic acids is 1. The molecule has 4 N–H and O–H groups in total. The molecule has 1 unspecified atom stereocenters. The lowest BCUT2D eigenvalue weighted by atomic mass is 10.1. The Balaban J connectivity index is 2.84. The molecule has 6 nitrogen and oxygen atoms in total. The molecular formula is C10H11NO5. The number of aromatic hydroxyl groups is 2. The van der Waals surface area contributed by atoms with Crippen LogP contribution in [0.1, 0.15) is 17.3 Å². The van der Waals surface area contributed by atoms with Crippen LogP contribution in [-0.2, 0) is 4.79 Å². The topological polar surface area (TPSA) is 107 Å². The Kier molecular flexibility index (Phi) is 3.34. The van der Waals surface area contributed by atoms with Gasteiger partial charge in [-0.2, -0.15) is 0 Å². The van der Waals surface area contributed by atoms with E-state index in [1.165, 1.54) is 6.92 Å². The molecule has 1 aromatic carbocycles. The third-order valence-electron chi connectivity index (χ3n) is 1.88. The number of carboxylic acid groups (broad SMARTS) is 1. The zero-order valence-corrected chi connectivity index (χ0v) is 8.47. The molecule has 16 heavy (non-hydrogen) atoms. The first-order valence-corrected chi connectivity index (χ1v) is 4.47. The third-order valence-corrected chi connectivity index (χ3v) is 1.88. The maximum atomic E-state index is 11.5. The van der Waals surface area contributed by atoms with Gasteiger partial charge in [-0.25, -0.2) is 0 Å². The molecule has 0 saturated heterocycles. The van der Waals surface area contributed by atoms with E-state index in [1.54, 1.807) is 0 Å². The van der Waals surface area contributed by atoms with Crippen molar-refractivity contribution in [3.63, 3.8) is 0 Å². The number of hydrogen-bond donors (Lipinski definition) is 4. The lowest BCUT2D eigenvalue weighted by Gasteiger charge is -2.09. The van der Waals surface area contributed by atoms with Crippen molar-refractivity contribution in [2.24, 2.45) is 0 Å². The predicted molar refractivity (Wildman–Crippen MR) is 54.3 cm³/mol. The fourth-order valence-electron chi connectivity index (χ4n) is 1.07. The molecule has 6 heteroatoms. The highest BCUT2D eigenvalue weighted by Crippen LogP contribution is 2.20. The van der Waals surface area contributed by atoms with Crippen LogP contribution in [0, 0.1) is 0 Å². The summed E-state index contributed by atoms with van der Waals surface area (Å²) >= 11 is 0. The number of carbonyl (C=O) groups is 2. The van der Waals surface area contributed by atoms with E-state index in [1.807, 2.05) is 0 Å². The van der Waals surface area contributed by atoms with Crippen LogP contribution >= 0.6 is 0 Å². The summed E-state index contributed by atoms with van der Waals surface area (Å²) in [6.07, 6.45) is 0. The van der Waals surface area contributed by atoms with Crippen LogP contribution in [-0.4, -0.2) is 33.2 Å². The van der Waals surface area contributed by atoms with Crippen molar-refractivity contribution in [3.8, 4) is 11.5 Å². The van der Waals surface area contributed by atoms with Crippen LogP contribution in [0.2, 0.25) is 0 Å². The normalized spacial score (nSPS) is 11.8. The Morgan fingerprint density at radius 1 is 1.19 bits per heavy atom. The van der Waals surface area contributed by atoms with Gasteiger partial charge in [-0.1, -0.05) is 0 Å². The Morgan fingerprint density at radius 3 is 2.12 bits per heavy atom. The van der Waals surface area contributed by atoms with Gasteiger partial charge in [0.2, 0.25) is 0 Å². The van der Waals surface area contributed by atoms with E-state index in [4.69, 9.17) is 15.3 Å². The smallest absolute Gasteiger partial charge is 0.325 e. The summed E-state index contributed by atoms with van der Waals surface area (Å²) in [4.78, 5) is 22.0. The lowest BCUT2D eigenvalue weighted by Crippen LogP contribution is -2.38. The summed E-state index contributed by atoms with van der Waals surface area (Å²) in [5, 5.41) is 29.0. The van der Waals surface area contributed by atoms with Crippen LogP contribution < -0.4 is 5.32 Å². The van der Waals surface area contributed by atoms with Crippen molar-refractivity contribution in [2.45, 2.75) is 13.0 Å². The first-order chi connectivity index (χ1) is 7.40. The quantitative estimate of drug-likeness (QED) is 0.592. The summed E-state index contributed by atoms with van der Waals surface area (Å²) in [6, 6.07) is 2.28. The van der Waals surface area contributed by atoms with E-state index < -0.39 is 17.9 Å². The number of phenols is 2. The van der Waals surface area contributed by atoms with Crippen LogP contribution in [0.3, 0.4) is 0 Å². The van der Waals surface area contributed by atoms with Crippen LogP contribution in [0.4, 0.5) is 0 Å². The van der Waals surface area contributed by atoms with Gasteiger partial charge >= 0.3 is 5.97 Å². The summed E-state index contributed by atoms with van der Waals surface area (Å²) in [7, 11) is 0. The SMILES string of the molecule is CC(NC(=O)c1cc(O)cc(O)c1)C(=O)O. The van der Waals surface area contributed by atoms with Gasteiger partial charge in [0.15, 0.2) is 0 Å². The van der Waals surface area contributed by atoms with Gasteiger partial charge < -0.3 is 20.6 Å². The van der Waals surface area contributed by atoms with E-state index in [0.29, 0.717) is 0 Å². The Bertz CT molecular complexity index is 409. The molecule has 0 heterocycles. The monoisotopic (exact) mass is 225 g/mol. The molecule has 86 valence electrons. The van der Waals surface area contributed by atoms with Crippen molar-refractivity contribution in [1.29, 1.82) is 0 Å². The van der Waals surface area contributed by atoms with E-state index >= 15 is 0 Å². The summed E-state index contributed by atoms with van der Waals surface area (Å²) in [6.45, 7) is 1.31. The van der Waals surface area contributed by atoms with Gasteiger partial charge in [0, 0.05) is 11.6 Å². The summed E-state index contributed by atoms with van der Waals surface area (Å²) in [5.74, 6) is -2.39. The Hall–Kier alpha value is -2.24. The molecule has 0 saturated carbocycles. The standard InChI is InChI=1S/C10H11NO5/c1-5(10(15)16)11-9(14)6-2-7(12)4-8(13)3-6/h2-5,12-13H,1H3,(H,11,14)(H,15,16). The zero-order chi connectivity index (χ0) is 12.3. The van der Waals surface area contributed by atoms with Gasteiger partial charge in [0.1, 0.15) is 17.5 Å². The first-order valence-electron chi connectivity index (χ1n) is 4.47. The van der Waals surface area contributed by atoms with Gasteiger partial charge in [0.05, 0.1) is 0 Å². The minimum atomic E-state index is -1.17. The fraction of sp³-hybridized carbons (Fsp3) is 0.200. The van der Waals surface area contributed by atoms with Crippen molar-refractivity contribution in [1.82, 2.24) is 5.32 Å². The second-order valence-corrected chi connectivity index (χ2v) is 3.27. The minimum Gasteiger partial charge on any atom is -0.508 e. The molecule has 1 amide bonds. The molecule has 0 bridgehead atoms. The van der Waals surface area contributed by atoms with Crippen LogP contribution in [0.25, 0.3) is 0 Å². The highest BCUT2D eigenvalue weighted by molar-refractivity contribution is 5.97. The Labute approximate surface area is 91.1 Å². The number of amides is 1. The van der Waals surface area contributed by atoms with Crippen molar-refractivity contribution in [2.75, 3.05) is 0 Å². The van der Waals surface area contributed by atoms with E-state index in [0.717, 1.165) is 18.2 Å². The molecule has 0 spiro atoms. The van der Waals surface area contributed by atoms with Crippen molar-refractivity contribution < 1.29 is 24.9 Å². The summed E-state index contributed by atoms with van der Waals surface area (Å²) in [5.41, 5.74) is -0.00870. The number of carboxylic acids is 1. The van der Waals surface area contributed by atoms with Gasteiger partial charge in [0.25, 0.3) is 5.91 Å². The highest BCUT2D eigenvalue weighted by Gasteiger charge is 2.16. The molecule has 1 rings (SSSR count). The number of phenolic OH excluding ortho intramolecular Hbond substituents is 2. The highest BCUT2D eigenvalue weighted by atomic mass is 16.4. The average Bonchev–Trinajstić information content (AvgIpc) is 2.15. The maximum absolute atomic E-state index is 11.5. The fourth-order valence-corrected chi connectivity index (χ4v) is 1.07. The molecule has 0 aliphatic rings. The largest absolute Gasteiger partial charge is 0.508 e. The summed E-state index contributed by atoms with van der Waals surface area (Å²) < 4.78 is 0. The van der Waals surface area contributed by atoms with Gasteiger partial charge in [-0.15, -0.1) is 0 Å². The minimum absolute atomic E-state index is 0.00870. The molecule has 0 radical (unpaired) electrons. The maximum Gasteiger partial charge on any atom is 0.325 e. The first kappa shape index (κ1) is 11.8. The third kappa shape index (κ3) is 2.88. The lowest BCUT2D eigenvalue weighted by molar-refractivity contribution is -0.138. The second-order valence-electron chi connectivity index (χ2n) is 3.27. The zero-order valence-electron chi connectivity index (χ0n) is 8.47. The van der Waals surface area contributed by atoms with E-state index in [9.17, 15) is 9.59 Å². The molecule has 0 aromatic heterocycles. The number of rotatable bonds is 3.